The van der Waals surface area contributed by atoms with E-state index in [4.69, 9.17) is 10.2 Å². The summed E-state index contributed by atoms with van der Waals surface area (Å²) in [6, 6.07) is 8.98. The highest BCUT2D eigenvalue weighted by molar-refractivity contribution is 7.89. The Morgan fingerprint density at radius 2 is 1.87 bits per heavy atom. The zero-order chi connectivity index (χ0) is 22.4. The summed E-state index contributed by atoms with van der Waals surface area (Å²) in [4.78, 5) is 26.4. The third kappa shape index (κ3) is 5.99. The molecule has 0 saturated carbocycles. The third-order valence-electron chi connectivity index (χ3n) is 4.16. The molecule has 31 heavy (non-hydrogen) atoms. The fourth-order valence-electron chi connectivity index (χ4n) is 2.57. The number of furan rings is 1. The fraction of sp³-hybridized carbons (Fsp3) is 0.263. The number of rotatable bonds is 9. The standard InChI is InChI=1S/C19H23N7O4S/c1-26(2)19-24-16(23-18(20)25-19)9-10-21-17(27)13-5-7-15(8-6-13)31(28,29)22-12-14-4-3-11-30-14/h3-8,11,22H,9-10,12H2,1-2H3,(H,21,27)(H2,20,23,24,25). The number of nitrogens with zero attached hydrogens (tertiary/aromatic N) is 4. The van der Waals surface area contributed by atoms with Crippen LogP contribution >= 0.6 is 0 Å². The molecule has 11 nitrogen and oxygen atoms in total. The Morgan fingerprint density at radius 3 is 2.52 bits per heavy atom. The maximum Gasteiger partial charge on any atom is 0.251 e. The molecule has 2 heterocycles. The Morgan fingerprint density at radius 1 is 1.13 bits per heavy atom. The molecular weight excluding hydrogens is 422 g/mol. The fourth-order valence-corrected chi connectivity index (χ4v) is 3.57. The number of aromatic nitrogens is 3. The second-order valence-corrected chi connectivity index (χ2v) is 8.51. The van der Waals surface area contributed by atoms with E-state index < -0.39 is 10.0 Å². The number of nitrogens with two attached hydrogens (primary N) is 1. The summed E-state index contributed by atoms with van der Waals surface area (Å²) in [6.45, 7) is 0.314. The van der Waals surface area contributed by atoms with Gasteiger partial charge in [-0.2, -0.15) is 15.0 Å². The number of benzene rings is 1. The highest BCUT2D eigenvalue weighted by Gasteiger charge is 2.15. The number of amides is 1. The molecule has 0 unspecified atom stereocenters. The van der Waals surface area contributed by atoms with Crippen LogP contribution < -0.4 is 20.7 Å². The van der Waals surface area contributed by atoms with Gasteiger partial charge >= 0.3 is 0 Å². The molecule has 0 bridgehead atoms. The van der Waals surface area contributed by atoms with E-state index in [1.165, 1.54) is 30.5 Å². The lowest BCUT2D eigenvalue weighted by molar-refractivity contribution is 0.0954. The average molecular weight is 446 g/mol. The molecule has 2 aromatic heterocycles. The molecule has 0 saturated heterocycles. The lowest BCUT2D eigenvalue weighted by atomic mass is 10.2. The summed E-state index contributed by atoms with van der Waals surface area (Å²) in [6.07, 6.45) is 1.83. The van der Waals surface area contributed by atoms with Gasteiger partial charge in [-0.25, -0.2) is 13.1 Å². The molecule has 12 heteroatoms. The minimum absolute atomic E-state index is 0.0364. The summed E-state index contributed by atoms with van der Waals surface area (Å²) >= 11 is 0. The number of carbonyl (C=O) groups excluding carboxylic acids is 1. The van der Waals surface area contributed by atoms with Crippen LogP contribution in [0.2, 0.25) is 0 Å². The first kappa shape index (κ1) is 22.2. The SMILES string of the molecule is CN(C)c1nc(N)nc(CCNC(=O)c2ccc(S(=O)(=O)NCc3ccco3)cc2)n1. The van der Waals surface area contributed by atoms with Crippen molar-refractivity contribution < 1.29 is 17.6 Å². The van der Waals surface area contributed by atoms with Crippen LogP contribution in [0.5, 0.6) is 0 Å². The first-order chi connectivity index (χ1) is 14.7. The van der Waals surface area contributed by atoms with Gasteiger partial charge < -0.3 is 20.4 Å². The van der Waals surface area contributed by atoms with Crippen molar-refractivity contribution in [2.45, 2.75) is 17.9 Å². The first-order valence-corrected chi connectivity index (χ1v) is 10.8. The van der Waals surface area contributed by atoms with Crippen LogP contribution in [0.25, 0.3) is 0 Å². The van der Waals surface area contributed by atoms with Crippen molar-refractivity contribution in [3.05, 3.63) is 59.8 Å². The van der Waals surface area contributed by atoms with Crippen molar-refractivity contribution in [3.8, 4) is 0 Å². The van der Waals surface area contributed by atoms with Crippen molar-refractivity contribution in [2.75, 3.05) is 31.3 Å². The van der Waals surface area contributed by atoms with Gasteiger partial charge in [-0.1, -0.05) is 0 Å². The maximum absolute atomic E-state index is 12.4. The Balaban J connectivity index is 1.55. The monoisotopic (exact) mass is 445 g/mol. The number of nitrogens with one attached hydrogen (secondary N) is 2. The number of hydrogen-bond donors (Lipinski definition) is 3. The van der Waals surface area contributed by atoms with Crippen molar-refractivity contribution >= 4 is 27.8 Å². The van der Waals surface area contributed by atoms with Crippen LogP contribution in [-0.4, -0.2) is 49.9 Å². The van der Waals surface area contributed by atoms with E-state index in [1.54, 1.807) is 31.1 Å². The molecule has 164 valence electrons. The Kier molecular flexibility index (Phi) is 6.82. The number of anilines is 2. The summed E-state index contributed by atoms with van der Waals surface area (Å²) in [5, 5.41) is 2.75. The van der Waals surface area contributed by atoms with Crippen molar-refractivity contribution in [2.24, 2.45) is 0 Å². The topological polar surface area (TPSA) is 156 Å². The van der Waals surface area contributed by atoms with Gasteiger partial charge in [0, 0.05) is 32.6 Å². The molecule has 0 spiro atoms. The van der Waals surface area contributed by atoms with Gasteiger partial charge in [-0.05, 0) is 36.4 Å². The van der Waals surface area contributed by atoms with E-state index in [0.29, 0.717) is 29.5 Å². The molecule has 0 aliphatic carbocycles. The van der Waals surface area contributed by atoms with Crippen molar-refractivity contribution in [1.82, 2.24) is 25.0 Å². The van der Waals surface area contributed by atoms with Crippen LogP contribution in [0.15, 0.2) is 52.0 Å². The third-order valence-corrected chi connectivity index (χ3v) is 5.58. The zero-order valence-electron chi connectivity index (χ0n) is 17.1. The van der Waals surface area contributed by atoms with Gasteiger partial charge in [0.15, 0.2) is 0 Å². The summed E-state index contributed by atoms with van der Waals surface area (Å²) in [7, 11) is -0.150. The molecule has 3 rings (SSSR count). The number of hydrogen-bond acceptors (Lipinski definition) is 9. The quantitative estimate of drug-likeness (QED) is 0.428. The van der Waals surface area contributed by atoms with Gasteiger partial charge in [0.2, 0.25) is 21.9 Å². The van der Waals surface area contributed by atoms with Gasteiger partial charge in [-0.15, -0.1) is 0 Å². The van der Waals surface area contributed by atoms with E-state index in [0.717, 1.165) is 0 Å². The number of carbonyl (C=O) groups is 1. The van der Waals surface area contributed by atoms with Gasteiger partial charge in [0.05, 0.1) is 17.7 Å². The minimum Gasteiger partial charge on any atom is -0.468 e. The van der Waals surface area contributed by atoms with Crippen LogP contribution in [0.3, 0.4) is 0 Å². The van der Waals surface area contributed by atoms with Gasteiger partial charge in [0.1, 0.15) is 11.6 Å². The summed E-state index contributed by atoms with van der Waals surface area (Å²) in [5.41, 5.74) is 6.01. The molecule has 0 aliphatic rings. The molecule has 0 aliphatic heterocycles. The highest BCUT2D eigenvalue weighted by atomic mass is 32.2. The van der Waals surface area contributed by atoms with Crippen LogP contribution in [0.4, 0.5) is 11.9 Å². The lowest BCUT2D eigenvalue weighted by Gasteiger charge is -2.11. The maximum atomic E-state index is 12.4. The minimum atomic E-state index is -3.73. The Hall–Kier alpha value is -3.51. The summed E-state index contributed by atoms with van der Waals surface area (Å²) < 4.78 is 32.3. The molecule has 3 aromatic rings. The Labute approximate surface area is 179 Å². The second kappa shape index (κ2) is 9.53. The second-order valence-electron chi connectivity index (χ2n) is 6.74. The van der Waals surface area contributed by atoms with Crippen LogP contribution in [0, 0.1) is 0 Å². The van der Waals surface area contributed by atoms with Gasteiger partial charge in [-0.3, -0.25) is 4.79 Å². The van der Waals surface area contributed by atoms with Gasteiger partial charge in [0.25, 0.3) is 5.91 Å². The molecule has 1 amide bonds. The lowest BCUT2D eigenvalue weighted by Crippen LogP contribution is -2.27. The first-order valence-electron chi connectivity index (χ1n) is 9.32. The predicted molar refractivity (Wildman–Crippen MR) is 114 cm³/mol. The molecular formula is C19H23N7O4S. The largest absolute Gasteiger partial charge is 0.468 e. The Bertz CT molecular complexity index is 1130. The highest BCUT2D eigenvalue weighted by Crippen LogP contribution is 2.12. The van der Waals surface area contributed by atoms with Crippen molar-refractivity contribution in [1.29, 1.82) is 0 Å². The smallest absolute Gasteiger partial charge is 0.251 e. The van der Waals surface area contributed by atoms with E-state index in [-0.39, 0.29) is 29.8 Å². The average Bonchev–Trinajstić information content (AvgIpc) is 3.26. The molecule has 0 radical (unpaired) electrons. The van der Waals surface area contributed by atoms with Crippen molar-refractivity contribution in [3.63, 3.8) is 0 Å². The predicted octanol–water partition coefficient (Wildman–Crippen LogP) is 0.564. The number of sulfonamides is 1. The summed E-state index contributed by atoms with van der Waals surface area (Å²) in [5.74, 6) is 1.16. The van der Waals surface area contributed by atoms with Crippen LogP contribution in [0.1, 0.15) is 21.9 Å². The number of nitrogen functional groups attached to an aromatic ring is 1. The molecule has 4 N–H and O–H groups in total. The van der Waals surface area contributed by atoms with E-state index in [2.05, 4.69) is 25.0 Å². The van der Waals surface area contributed by atoms with Crippen LogP contribution in [-0.2, 0) is 23.0 Å². The van der Waals surface area contributed by atoms with E-state index >= 15 is 0 Å². The molecule has 0 atom stereocenters. The van der Waals surface area contributed by atoms with E-state index in [1.807, 2.05) is 0 Å². The molecule has 0 fully saturated rings. The molecule has 1 aromatic carbocycles. The normalized spacial score (nSPS) is 11.3. The van der Waals surface area contributed by atoms with E-state index in [9.17, 15) is 13.2 Å². The zero-order valence-corrected chi connectivity index (χ0v) is 17.9.